The van der Waals surface area contributed by atoms with Gasteiger partial charge in [0.1, 0.15) is 0 Å². The second-order valence-electron chi connectivity index (χ2n) is 8.67. The highest BCUT2D eigenvalue weighted by molar-refractivity contribution is 6.30. The van der Waals surface area contributed by atoms with E-state index < -0.39 is 0 Å². The second kappa shape index (κ2) is 10.2. The summed E-state index contributed by atoms with van der Waals surface area (Å²) in [7, 11) is 0. The summed E-state index contributed by atoms with van der Waals surface area (Å²) in [6, 6.07) is 44.8. The molecule has 1 aromatic heterocycles. The van der Waals surface area contributed by atoms with Gasteiger partial charge < -0.3 is 0 Å². The summed E-state index contributed by atoms with van der Waals surface area (Å²) in [4.78, 5) is 14.8. The number of hydrogen-bond donors (Lipinski definition) is 0. The van der Waals surface area contributed by atoms with E-state index in [-0.39, 0.29) is 0 Å². The average molecular weight is 496 g/mol. The van der Waals surface area contributed by atoms with E-state index in [9.17, 15) is 0 Å². The quantitative estimate of drug-likeness (QED) is 0.240. The van der Waals surface area contributed by atoms with Gasteiger partial charge in [-0.05, 0) is 52.6 Å². The van der Waals surface area contributed by atoms with Crippen LogP contribution in [0, 0.1) is 0 Å². The fourth-order valence-corrected chi connectivity index (χ4v) is 4.48. The topological polar surface area (TPSA) is 38.7 Å². The van der Waals surface area contributed by atoms with Crippen molar-refractivity contribution in [3.63, 3.8) is 0 Å². The van der Waals surface area contributed by atoms with Crippen molar-refractivity contribution in [1.82, 2.24) is 15.0 Å². The largest absolute Gasteiger partial charge is 0.208 e. The Balaban J connectivity index is 1.61. The van der Waals surface area contributed by atoms with E-state index in [1.54, 1.807) is 0 Å². The van der Waals surface area contributed by atoms with E-state index in [0.717, 1.165) is 38.9 Å². The molecule has 0 saturated heterocycles. The van der Waals surface area contributed by atoms with Gasteiger partial charge in [0.25, 0.3) is 0 Å². The first-order chi connectivity index (χ1) is 18.2. The van der Waals surface area contributed by atoms with Gasteiger partial charge in [-0.2, -0.15) is 0 Å². The maximum absolute atomic E-state index is 6.16. The Morgan fingerprint density at radius 3 is 1.41 bits per heavy atom. The van der Waals surface area contributed by atoms with Crippen LogP contribution in [-0.4, -0.2) is 15.0 Å². The molecule has 0 aliphatic heterocycles. The van der Waals surface area contributed by atoms with Gasteiger partial charge in [-0.1, -0.05) is 115 Å². The molecule has 1 heterocycles. The van der Waals surface area contributed by atoms with Crippen LogP contribution in [0.25, 0.3) is 56.4 Å². The summed E-state index contributed by atoms with van der Waals surface area (Å²) in [6.07, 6.45) is 0. The van der Waals surface area contributed by atoms with Crippen molar-refractivity contribution in [3.8, 4) is 56.4 Å². The van der Waals surface area contributed by atoms with Crippen LogP contribution in [0.2, 0.25) is 5.02 Å². The number of rotatable bonds is 5. The Kier molecular flexibility index (Phi) is 6.28. The molecule has 0 unspecified atom stereocenters. The van der Waals surface area contributed by atoms with E-state index in [1.807, 2.05) is 78.9 Å². The van der Waals surface area contributed by atoms with Crippen molar-refractivity contribution in [1.29, 1.82) is 0 Å². The number of nitrogens with zero attached hydrogens (tertiary/aromatic N) is 3. The SMILES string of the molecule is Clc1ccc(-c2nc(-c3ccccc3)nc(-c3cc(-c4ccccc4)ccc3-c3ccccc3)n2)cc1. The zero-order valence-electron chi connectivity index (χ0n) is 19.9. The average Bonchev–Trinajstić information content (AvgIpc) is 2.98. The summed E-state index contributed by atoms with van der Waals surface area (Å²) in [5.74, 6) is 1.85. The first-order valence-corrected chi connectivity index (χ1v) is 12.5. The van der Waals surface area contributed by atoms with Gasteiger partial charge >= 0.3 is 0 Å². The zero-order valence-corrected chi connectivity index (χ0v) is 20.7. The maximum Gasteiger partial charge on any atom is 0.164 e. The van der Waals surface area contributed by atoms with Crippen molar-refractivity contribution < 1.29 is 0 Å². The molecule has 0 aliphatic rings. The van der Waals surface area contributed by atoms with Crippen molar-refractivity contribution in [2.45, 2.75) is 0 Å². The minimum Gasteiger partial charge on any atom is -0.208 e. The molecule has 0 N–H and O–H groups in total. The summed E-state index contributed by atoms with van der Waals surface area (Å²) in [5, 5.41) is 0.670. The Morgan fingerprint density at radius 1 is 0.351 bits per heavy atom. The lowest BCUT2D eigenvalue weighted by Gasteiger charge is -2.14. The third kappa shape index (κ3) is 4.90. The highest BCUT2D eigenvalue weighted by Gasteiger charge is 2.17. The van der Waals surface area contributed by atoms with Crippen LogP contribution in [0.3, 0.4) is 0 Å². The first kappa shape index (κ1) is 22.8. The van der Waals surface area contributed by atoms with E-state index in [0.29, 0.717) is 22.5 Å². The summed E-state index contributed by atoms with van der Waals surface area (Å²) in [5.41, 5.74) is 7.16. The normalized spacial score (nSPS) is 10.8. The van der Waals surface area contributed by atoms with Gasteiger partial charge in [0.15, 0.2) is 17.5 Å². The predicted octanol–water partition coefficient (Wildman–Crippen LogP) is 8.86. The smallest absolute Gasteiger partial charge is 0.164 e. The van der Waals surface area contributed by atoms with Crippen LogP contribution in [0.4, 0.5) is 0 Å². The summed E-state index contributed by atoms with van der Waals surface area (Å²) in [6.45, 7) is 0. The number of halogens is 1. The minimum absolute atomic E-state index is 0.602. The van der Waals surface area contributed by atoms with Crippen molar-refractivity contribution in [2.24, 2.45) is 0 Å². The fraction of sp³-hybridized carbons (Fsp3) is 0. The number of hydrogen-bond acceptors (Lipinski definition) is 3. The van der Waals surface area contributed by atoms with Gasteiger partial charge in [0.2, 0.25) is 0 Å². The third-order valence-corrected chi connectivity index (χ3v) is 6.47. The Labute approximate surface area is 221 Å². The molecule has 5 aromatic carbocycles. The molecule has 6 rings (SSSR count). The predicted molar refractivity (Wildman–Crippen MR) is 152 cm³/mol. The molecule has 4 heteroatoms. The monoisotopic (exact) mass is 495 g/mol. The van der Waals surface area contributed by atoms with Crippen LogP contribution >= 0.6 is 11.6 Å². The molecule has 0 bridgehead atoms. The van der Waals surface area contributed by atoms with Gasteiger partial charge in [-0.15, -0.1) is 0 Å². The Morgan fingerprint density at radius 2 is 0.811 bits per heavy atom. The molecule has 37 heavy (non-hydrogen) atoms. The summed E-state index contributed by atoms with van der Waals surface area (Å²) >= 11 is 6.16. The van der Waals surface area contributed by atoms with Crippen LogP contribution < -0.4 is 0 Å². The third-order valence-electron chi connectivity index (χ3n) is 6.22. The van der Waals surface area contributed by atoms with Crippen LogP contribution in [0.15, 0.2) is 133 Å². The molecule has 176 valence electrons. The first-order valence-electron chi connectivity index (χ1n) is 12.1. The van der Waals surface area contributed by atoms with E-state index in [4.69, 9.17) is 26.6 Å². The van der Waals surface area contributed by atoms with Crippen LogP contribution in [-0.2, 0) is 0 Å². The molecule has 0 spiro atoms. The molecule has 3 nitrogen and oxygen atoms in total. The van der Waals surface area contributed by atoms with E-state index in [1.165, 1.54) is 0 Å². The Hall–Kier alpha value is -4.60. The van der Waals surface area contributed by atoms with E-state index in [2.05, 4.69) is 54.6 Å². The van der Waals surface area contributed by atoms with Gasteiger partial charge in [-0.3, -0.25) is 0 Å². The lowest BCUT2D eigenvalue weighted by molar-refractivity contribution is 1.07. The number of aromatic nitrogens is 3. The molecule has 0 amide bonds. The van der Waals surface area contributed by atoms with Crippen molar-refractivity contribution >= 4 is 11.6 Å². The van der Waals surface area contributed by atoms with Crippen molar-refractivity contribution in [3.05, 3.63) is 138 Å². The van der Waals surface area contributed by atoms with Crippen LogP contribution in [0.1, 0.15) is 0 Å². The second-order valence-corrected chi connectivity index (χ2v) is 9.11. The minimum atomic E-state index is 0.602. The van der Waals surface area contributed by atoms with Gasteiger partial charge in [0, 0.05) is 21.7 Å². The molecule has 0 radical (unpaired) electrons. The molecular formula is C33H22ClN3. The van der Waals surface area contributed by atoms with Gasteiger partial charge in [0.05, 0.1) is 0 Å². The van der Waals surface area contributed by atoms with Crippen molar-refractivity contribution in [2.75, 3.05) is 0 Å². The molecule has 0 saturated carbocycles. The zero-order chi connectivity index (χ0) is 25.0. The Bertz CT molecular complexity index is 1650. The lowest BCUT2D eigenvalue weighted by Crippen LogP contribution is -2.01. The molecule has 0 fully saturated rings. The highest BCUT2D eigenvalue weighted by atomic mass is 35.5. The molecule has 0 atom stereocenters. The standard InChI is InChI=1S/C33H22ClN3/c34-28-19-16-26(17-20-28)32-35-31(25-14-8-3-9-15-25)36-33(37-32)30-22-27(23-10-4-1-5-11-23)18-21-29(30)24-12-6-2-7-13-24/h1-22H. The maximum atomic E-state index is 6.16. The van der Waals surface area contributed by atoms with Crippen LogP contribution in [0.5, 0.6) is 0 Å². The summed E-state index contributed by atoms with van der Waals surface area (Å²) < 4.78 is 0. The number of benzene rings is 5. The highest BCUT2D eigenvalue weighted by Crippen LogP contribution is 2.35. The molecular weight excluding hydrogens is 474 g/mol. The van der Waals surface area contributed by atoms with Gasteiger partial charge in [-0.25, -0.2) is 15.0 Å². The molecule has 6 aromatic rings. The molecule has 0 aliphatic carbocycles. The van der Waals surface area contributed by atoms with E-state index >= 15 is 0 Å². The lowest BCUT2D eigenvalue weighted by atomic mass is 9.94. The fourth-order valence-electron chi connectivity index (χ4n) is 4.35.